The number of likely N-dealkylation sites (N-methyl/N-ethyl adjacent to an activating group) is 1. The molecule has 1 aromatic rings. The number of halogens is 2. The molecule has 0 aliphatic rings. The molecule has 5 heteroatoms. The zero-order valence-corrected chi connectivity index (χ0v) is 9.41. The first kappa shape index (κ1) is 13.3. The van der Waals surface area contributed by atoms with E-state index in [1.165, 1.54) is 6.07 Å². The predicted octanol–water partition coefficient (Wildman–Crippen LogP) is 1.99. The highest BCUT2D eigenvalue weighted by atomic mass is 19.2. The Labute approximate surface area is 98.3 Å². The largest absolute Gasteiger partial charge is 0.298 e. The van der Waals surface area contributed by atoms with Gasteiger partial charge in [-0.1, -0.05) is 0 Å². The van der Waals surface area contributed by atoms with Gasteiger partial charge in [-0.25, -0.2) is 8.78 Å². The lowest BCUT2D eigenvalue weighted by Gasteiger charge is -2.13. The van der Waals surface area contributed by atoms with E-state index in [4.69, 9.17) is 5.26 Å². The van der Waals surface area contributed by atoms with Crippen LogP contribution in [0.25, 0.3) is 0 Å². The van der Waals surface area contributed by atoms with Crippen molar-refractivity contribution in [3.8, 4) is 6.07 Å². The summed E-state index contributed by atoms with van der Waals surface area (Å²) >= 11 is 0. The lowest BCUT2D eigenvalue weighted by molar-refractivity contribution is 0.0947. The van der Waals surface area contributed by atoms with E-state index in [2.05, 4.69) is 0 Å². The van der Waals surface area contributed by atoms with Crippen LogP contribution in [-0.2, 0) is 0 Å². The van der Waals surface area contributed by atoms with Gasteiger partial charge >= 0.3 is 0 Å². The molecular formula is C12H12F2N2O. The number of rotatable bonds is 5. The number of nitrogens with zero attached hydrogens (tertiary/aromatic N) is 2. The smallest absolute Gasteiger partial charge is 0.176 e. The molecule has 0 N–H and O–H groups in total. The maximum atomic E-state index is 12.9. The molecule has 0 spiro atoms. The molecule has 0 unspecified atom stereocenters. The second-order valence-corrected chi connectivity index (χ2v) is 3.70. The third kappa shape index (κ3) is 3.93. The minimum atomic E-state index is -1.03. The van der Waals surface area contributed by atoms with Crippen molar-refractivity contribution in [3.05, 3.63) is 35.4 Å². The van der Waals surface area contributed by atoms with Crippen molar-refractivity contribution in [1.29, 1.82) is 5.26 Å². The van der Waals surface area contributed by atoms with Crippen molar-refractivity contribution in [2.45, 2.75) is 6.42 Å². The maximum absolute atomic E-state index is 12.9. The van der Waals surface area contributed by atoms with E-state index >= 15 is 0 Å². The summed E-state index contributed by atoms with van der Waals surface area (Å²) < 4.78 is 25.6. The monoisotopic (exact) mass is 238 g/mol. The van der Waals surface area contributed by atoms with Gasteiger partial charge < -0.3 is 0 Å². The molecule has 0 aromatic heterocycles. The third-order valence-corrected chi connectivity index (χ3v) is 2.26. The second-order valence-electron chi connectivity index (χ2n) is 3.70. The molecule has 1 aromatic carbocycles. The van der Waals surface area contributed by atoms with Crippen LogP contribution in [0.3, 0.4) is 0 Å². The topological polar surface area (TPSA) is 44.1 Å². The van der Waals surface area contributed by atoms with Gasteiger partial charge in [-0.05, 0) is 25.2 Å². The minimum Gasteiger partial charge on any atom is -0.298 e. The zero-order chi connectivity index (χ0) is 12.8. The van der Waals surface area contributed by atoms with E-state index in [0.717, 1.165) is 12.1 Å². The Bertz CT molecular complexity index is 454. The molecule has 3 nitrogen and oxygen atoms in total. The zero-order valence-electron chi connectivity index (χ0n) is 9.41. The molecule has 0 amide bonds. The average molecular weight is 238 g/mol. The van der Waals surface area contributed by atoms with Crippen LogP contribution in [0.2, 0.25) is 0 Å². The van der Waals surface area contributed by atoms with Gasteiger partial charge in [0, 0.05) is 18.5 Å². The normalized spacial score (nSPS) is 10.3. The number of hydrogen-bond acceptors (Lipinski definition) is 3. The number of Topliss-reactive ketones (excluding diaryl/α,β-unsaturated/α-hetero) is 1. The van der Waals surface area contributed by atoms with Crippen LogP contribution in [0.15, 0.2) is 18.2 Å². The van der Waals surface area contributed by atoms with Crippen molar-refractivity contribution in [1.82, 2.24) is 4.90 Å². The first-order chi connectivity index (χ1) is 8.04. The number of ketones is 1. The summed E-state index contributed by atoms with van der Waals surface area (Å²) in [6.07, 6.45) is 0.321. The molecule has 0 aliphatic carbocycles. The first-order valence-electron chi connectivity index (χ1n) is 5.08. The van der Waals surface area contributed by atoms with Crippen LogP contribution < -0.4 is 0 Å². The molecule has 0 saturated carbocycles. The average Bonchev–Trinajstić information content (AvgIpc) is 2.30. The van der Waals surface area contributed by atoms with Gasteiger partial charge in [-0.2, -0.15) is 5.26 Å². The van der Waals surface area contributed by atoms with Gasteiger partial charge in [0.05, 0.1) is 12.6 Å². The highest BCUT2D eigenvalue weighted by molar-refractivity contribution is 5.97. The molecule has 0 bridgehead atoms. The molecule has 1 rings (SSSR count). The Morgan fingerprint density at radius 2 is 2.12 bits per heavy atom. The maximum Gasteiger partial charge on any atom is 0.176 e. The van der Waals surface area contributed by atoms with Crippen LogP contribution in [-0.4, -0.2) is 30.8 Å². The Kier molecular flexibility index (Phi) is 4.73. The van der Waals surface area contributed by atoms with Crippen LogP contribution in [0, 0.1) is 23.0 Å². The SMILES string of the molecule is CN(CCC#N)CC(=O)c1ccc(F)c(F)c1. The van der Waals surface area contributed by atoms with Crippen molar-refractivity contribution in [2.24, 2.45) is 0 Å². The number of hydrogen-bond donors (Lipinski definition) is 0. The summed E-state index contributed by atoms with van der Waals surface area (Å²) in [5.41, 5.74) is 0.132. The van der Waals surface area contributed by atoms with E-state index < -0.39 is 11.6 Å². The van der Waals surface area contributed by atoms with Crippen LogP contribution in [0.1, 0.15) is 16.8 Å². The molecular weight excluding hydrogens is 226 g/mol. The highest BCUT2D eigenvalue weighted by Gasteiger charge is 2.11. The fraction of sp³-hybridized carbons (Fsp3) is 0.333. The number of carbonyl (C=O) groups is 1. The fourth-order valence-electron chi connectivity index (χ4n) is 1.33. The standard InChI is InChI=1S/C12H12F2N2O/c1-16(6-2-5-15)8-12(17)9-3-4-10(13)11(14)7-9/h3-4,7H,2,6,8H2,1H3. The summed E-state index contributed by atoms with van der Waals surface area (Å²) in [6, 6.07) is 5.03. The summed E-state index contributed by atoms with van der Waals surface area (Å²) in [7, 11) is 1.69. The summed E-state index contributed by atoms with van der Waals surface area (Å²) in [5.74, 6) is -2.31. The molecule has 17 heavy (non-hydrogen) atoms. The second kappa shape index (κ2) is 6.06. The van der Waals surface area contributed by atoms with E-state index in [9.17, 15) is 13.6 Å². The van der Waals surface area contributed by atoms with Gasteiger partial charge in [0.2, 0.25) is 0 Å². The van der Waals surface area contributed by atoms with Crippen molar-refractivity contribution in [2.75, 3.05) is 20.1 Å². The van der Waals surface area contributed by atoms with Crippen molar-refractivity contribution in [3.63, 3.8) is 0 Å². The van der Waals surface area contributed by atoms with E-state index in [1.807, 2.05) is 6.07 Å². The van der Waals surface area contributed by atoms with Gasteiger partial charge in [0.15, 0.2) is 17.4 Å². The molecule has 90 valence electrons. The van der Waals surface area contributed by atoms with Gasteiger partial charge in [-0.15, -0.1) is 0 Å². The molecule has 0 aliphatic heterocycles. The molecule has 0 atom stereocenters. The van der Waals surface area contributed by atoms with Crippen LogP contribution in [0.5, 0.6) is 0 Å². The Hall–Kier alpha value is -1.80. The number of benzene rings is 1. The quantitative estimate of drug-likeness (QED) is 0.737. The summed E-state index contributed by atoms with van der Waals surface area (Å²) in [6.45, 7) is 0.540. The van der Waals surface area contributed by atoms with E-state index in [1.54, 1.807) is 11.9 Å². The van der Waals surface area contributed by atoms with Crippen LogP contribution >= 0.6 is 0 Å². The molecule has 0 heterocycles. The predicted molar refractivity (Wildman–Crippen MR) is 58.4 cm³/mol. The summed E-state index contributed by atoms with van der Waals surface area (Å²) in [4.78, 5) is 13.3. The van der Waals surface area contributed by atoms with Crippen molar-refractivity contribution < 1.29 is 13.6 Å². The molecule has 0 saturated heterocycles. The Morgan fingerprint density at radius 3 is 2.71 bits per heavy atom. The fourth-order valence-corrected chi connectivity index (χ4v) is 1.33. The van der Waals surface area contributed by atoms with Crippen LogP contribution in [0.4, 0.5) is 8.78 Å². The molecule has 0 radical (unpaired) electrons. The lowest BCUT2D eigenvalue weighted by atomic mass is 10.1. The Balaban J connectivity index is 2.64. The van der Waals surface area contributed by atoms with E-state index in [0.29, 0.717) is 13.0 Å². The minimum absolute atomic E-state index is 0.0761. The lowest BCUT2D eigenvalue weighted by Crippen LogP contribution is -2.26. The molecule has 0 fully saturated rings. The third-order valence-electron chi connectivity index (χ3n) is 2.26. The van der Waals surface area contributed by atoms with Gasteiger partial charge in [-0.3, -0.25) is 9.69 Å². The number of carbonyl (C=O) groups excluding carboxylic acids is 1. The van der Waals surface area contributed by atoms with Gasteiger partial charge in [0.1, 0.15) is 0 Å². The Morgan fingerprint density at radius 1 is 1.41 bits per heavy atom. The first-order valence-corrected chi connectivity index (χ1v) is 5.08. The van der Waals surface area contributed by atoms with Gasteiger partial charge in [0.25, 0.3) is 0 Å². The highest BCUT2D eigenvalue weighted by Crippen LogP contribution is 2.09. The number of nitriles is 1. The van der Waals surface area contributed by atoms with Crippen molar-refractivity contribution >= 4 is 5.78 Å². The van der Waals surface area contributed by atoms with E-state index in [-0.39, 0.29) is 17.9 Å². The summed E-state index contributed by atoms with van der Waals surface area (Å²) in [5, 5.41) is 8.38.